The van der Waals surface area contributed by atoms with Crippen LogP contribution >= 0.6 is 0 Å². The van der Waals surface area contributed by atoms with Gasteiger partial charge in [0, 0.05) is 24.1 Å². The Labute approximate surface area is 156 Å². The second kappa shape index (κ2) is 6.13. The normalized spacial score (nSPS) is 16.8. The number of rotatable bonds is 2. The van der Waals surface area contributed by atoms with Gasteiger partial charge in [-0.05, 0) is 42.3 Å². The Hall–Kier alpha value is -3.34. The van der Waals surface area contributed by atoms with E-state index >= 15 is 0 Å². The van der Waals surface area contributed by atoms with Crippen LogP contribution in [0.4, 0.5) is 0 Å². The molecule has 1 amide bonds. The standard InChI is InChI=1S/C22H19N3O2/c1-14-8-9-25-20(11-14)24-18-13-23-21(26)12-17(22(18)25)15-5-2-3-6-16(15)19-7-4-10-27-19/h2-11,17H,12-13H2,1H3,(H,23,26)/t17-/m1/s1. The first-order chi connectivity index (χ1) is 13.2. The predicted molar refractivity (Wildman–Crippen MR) is 102 cm³/mol. The van der Waals surface area contributed by atoms with E-state index in [0.717, 1.165) is 33.9 Å². The van der Waals surface area contributed by atoms with E-state index in [2.05, 4.69) is 41.0 Å². The zero-order valence-corrected chi connectivity index (χ0v) is 15.0. The predicted octanol–water partition coefficient (Wildman–Crippen LogP) is 4.05. The number of imidazole rings is 1. The van der Waals surface area contributed by atoms with E-state index in [1.807, 2.05) is 30.3 Å². The van der Waals surface area contributed by atoms with Gasteiger partial charge in [-0.2, -0.15) is 0 Å². The molecule has 3 aromatic heterocycles. The third kappa shape index (κ3) is 2.63. The van der Waals surface area contributed by atoms with E-state index < -0.39 is 0 Å². The van der Waals surface area contributed by atoms with Crippen LogP contribution in [0, 0.1) is 6.92 Å². The van der Waals surface area contributed by atoms with Crippen molar-refractivity contribution in [3.63, 3.8) is 0 Å². The number of fused-ring (bicyclic) bond motifs is 3. The van der Waals surface area contributed by atoms with E-state index in [1.54, 1.807) is 6.26 Å². The molecule has 4 aromatic rings. The molecule has 0 radical (unpaired) electrons. The van der Waals surface area contributed by atoms with Crippen molar-refractivity contribution in [1.82, 2.24) is 14.7 Å². The maximum atomic E-state index is 12.4. The van der Waals surface area contributed by atoms with Crippen LogP contribution in [0.25, 0.3) is 17.0 Å². The molecule has 1 atom stereocenters. The van der Waals surface area contributed by atoms with Crippen molar-refractivity contribution in [2.75, 3.05) is 0 Å². The number of furan rings is 1. The van der Waals surface area contributed by atoms with Gasteiger partial charge < -0.3 is 14.1 Å². The van der Waals surface area contributed by atoms with E-state index in [4.69, 9.17) is 9.40 Å². The first kappa shape index (κ1) is 15.9. The molecule has 5 heteroatoms. The number of aryl methyl sites for hydroxylation is 1. The molecular weight excluding hydrogens is 338 g/mol. The molecule has 134 valence electrons. The lowest BCUT2D eigenvalue weighted by atomic mass is 9.87. The average molecular weight is 357 g/mol. The van der Waals surface area contributed by atoms with Gasteiger partial charge in [0.15, 0.2) is 0 Å². The fraction of sp³-hybridized carbons (Fsp3) is 0.182. The number of hydrogen-bond acceptors (Lipinski definition) is 3. The Kier molecular flexibility index (Phi) is 3.60. The lowest BCUT2D eigenvalue weighted by molar-refractivity contribution is -0.121. The molecule has 0 saturated carbocycles. The number of carbonyl (C=O) groups excluding carboxylic acids is 1. The van der Waals surface area contributed by atoms with Crippen LogP contribution < -0.4 is 5.32 Å². The lowest BCUT2D eigenvalue weighted by Gasteiger charge is -2.18. The van der Waals surface area contributed by atoms with Crippen LogP contribution in [-0.4, -0.2) is 15.3 Å². The average Bonchev–Trinajstić information content (AvgIpc) is 3.29. The summed E-state index contributed by atoms with van der Waals surface area (Å²) in [6.45, 7) is 2.51. The molecule has 27 heavy (non-hydrogen) atoms. The second-order valence-corrected chi connectivity index (χ2v) is 6.97. The summed E-state index contributed by atoms with van der Waals surface area (Å²) in [6, 6.07) is 16.1. The minimum Gasteiger partial charge on any atom is -0.464 e. The van der Waals surface area contributed by atoms with E-state index in [-0.39, 0.29) is 11.8 Å². The monoisotopic (exact) mass is 357 g/mol. The molecule has 0 bridgehead atoms. The zero-order valence-electron chi connectivity index (χ0n) is 15.0. The number of nitrogens with one attached hydrogen (secondary N) is 1. The first-order valence-corrected chi connectivity index (χ1v) is 9.07. The van der Waals surface area contributed by atoms with Crippen LogP contribution in [0.15, 0.2) is 65.4 Å². The third-order valence-electron chi connectivity index (χ3n) is 5.19. The number of nitrogens with zero attached hydrogens (tertiary/aromatic N) is 2. The number of aromatic nitrogens is 2. The smallest absolute Gasteiger partial charge is 0.221 e. The number of hydrogen-bond donors (Lipinski definition) is 1. The first-order valence-electron chi connectivity index (χ1n) is 9.07. The molecule has 0 unspecified atom stereocenters. The van der Waals surface area contributed by atoms with Gasteiger partial charge in [-0.25, -0.2) is 4.98 Å². The van der Waals surface area contributed by atoms with Crippen molar-refractivity contribution >= 4 is 11.6 Å². The molecule has 4 heterocycles. The molecule has 5 nitrogen and oxygen atoms in total. The number of benzene rings is 1. The Morgan fingerprint density at radius 3 is 2.93 bits per heavy atom. The van der Waals surface area contributed by atoms with Gasteiger partial charge in [0.05, 0.1) is 24.2 Å². The summed E-state index contributed by atoms with van der Waals surface area (Å²) in [5.41, 5.74) is 6.16. The molecule has 1 N–H and O–H groups in total. The van der Waals surface area contributed by atoms with Crippen LogP contribution in [0.2, 0.25) is 0 Å². The molecule has 1 aliphatic rings. The summed E-state index contributed by atoms with van der Waals surface area (Å²) in [5.74, 6) is 0.746. The molecule has 0 spiro atoms. The Bertz CT molecular complexity index is 1140. The largest absolute Gasteiger partial charge is 0.464 e. The number of carbonyl (C=O) groups is 1. The summed E-state index contributed by atoms with van der Waals surface area (Å²) in [6.07, 6.45) is 4.11. The van der Waals surface area contributed by atoms with Gasteiger partial charge in [0.1, 0.15) is 11.4 Å². The van der Waals surface area contributed by atoms with Crippen molar-refractivity contribution in [1.29, 1.82) is 0 Å². The minimum atomic E-state index is -0.0958. The van der Waals surface area contributed by atoms with E-state index in [9.17, 15) is 4.79 Å². The highest BCUT2D eigenvalue weighted by Crippen LogP contribution is 2.38. The van der Waals surface area contributed by atoms with E-state index in [1.165, 1.54) is 5.56 Å². The Morgan fingerprint density at radius 2 is 2.07 bits per heavy atom. The van der Waals surface area contributed by atoms with Gasteiger partial charge in [0.25, 0.3) is 0 Å². The Balaban J connectivity index is 1.76. The van der Waals surface area contributed by atoms with Crippen LogP contribution in [-0.2, 0) is 11.3 Å². The molecule has 0 fully saturated rings. The fourth-order valence-corrected chi connectivity index (χ4v) is 3.96. The van der Waals surface area contributed by atoms with Gasteiger partial charge in [0.2, 0.25) is 5.91 Å². The van der Waals surface area contributed by atoms with Gasteiger partial charge in [-0.3, -0.25) is 4.79 Å². The summed E-state index contributed by atoms with van der Waals surface area (Å²) in [7, 11) is 0. The van der Waals surface area contributed by atoms with Crippen molar-refractivity contribution in [2.45, 2.75) is 25.8 Å². The van der Waals surface area contributed by atoms with Crippen molar-refractivity contribution in [2.24, 2.45) is 0 Å². The highest BCUT2D eigenvalue weighted by atomic mass is 16.3. The van der Waals surface area contributed by atoms with Crippen LogP contribution in [0.5, 0.6) is 0 Å². The van der Waals surface area contributed by atoms with Crippen molar-refractivity contribution in [3.8, 4) is 11.3 Å². The highest BCUT2D eigenvalue weighted by molar-refractivity contribution is 5.79. The van der Waals surface area contributed by atoms with Gasteiger partial charge in [-0.1, -0.05) is 24.3 Å². The van der Waals surface area contributed by atoms with E-state index in [0.29, 0.717) is 13.0 Å². The third-order valence-corrected chi connectivity index (χ3v) is 5.19. The summed E-state index contributed by atoms with van der Waals surface area (Å²) < 4.78 is 7.78. The lowest BCUT2D eigenvalue weighted by Crippen LogP contribution is -2.21. The maximum absolute atomic E-state index is 12.4. The molecular formula is C22H19N3O2. The van der Waals surface area contributed by atoms with Gasteiger partial charge >= 0.3 is 0 Å². The minimum absolute atomic E-state index is 0.0353. The number of amides is 1. The van der Waals surface area contributed by atoms with Crippen LogP contribution in [0.1, 0.15) is 34.9 Å². The molecule has 1 aliphatic heterocycles. The maximum Gasteiger partial charge on any atom is 0.221 e. The van der Waals surface area contributed by atoms with Crippen molar-refractivity contribution in [3.05, 3.63) is 83.5 Å². The van der Waals surface area contributed by atoms with Crippen molar-refractivity contribution < 1.29 is 9.21 Å². The summed E-state index contributed by atoms with van der Waals surface area (Å²) in [5, 5.41) is 2.99. The summed E-state index contributed by atoms with van der Waals surface area (Å²) in [4.78, 5) is 17.3. The van der Waals surface area contributed by atoms with Crippen LogP contribution in [0.3, 0.4) is 0 Å². The Morgan fingerprint density at radius 1 is 1.19 bits per heavy atom. The number of pyridine rings is 1. The molecule has 5 rings (SSSR count). The molecule has 0 saturated heterocycles. The second-order valence-electron chi connectivity index (χ2n) is 6.97. The fourth-order valence-electron chi connectivity index (χ4n) is 3.96. The SMILES string of the molecule is Cc1ccn2c3c(nc2c1)CNC(=O)C[C@@H]3c1ccccc1-c1ccco1. The van der Waals surface area contributed by atoms with Gasteiger partial charge in [-0.15, -0.1) is 0 Å². The highest BCUT2D eigenvalue weighted by Gasteiger charge is 2.30. The topological polar surface area (TPSA) is 59.5 Å². The zero-order chi connectivity index (χ0) is 18.4. The summed E-state index contributed by atoms with van der Waals surface area (Å²) >= 11 is 0. The molecule has 0 aliphatic carbocycles. The quantitative estimate of drug-likeness (QED) is 0.589. The molecule has 1 aromatic carbocycles.